The molecule has 0 amide bonds. The van der Waals surface area contributed by atoms with Gasteiger partial charge in [-0.05, 0) is 42.8 Å². The molecule has 2 aromatic carbocycles. The summed E-state index contributed by atoms with van der Waals surface area (Å²) in [5.74, 6) is 0.837. The number of hydrogen-bond donors (Lipinski definition) is 0. The molecule has 2 nitrogen and oxygen atoms in total. The molecule has 21 heavy (non-hydrogen) atoms. The van der Waals surface area contributed by atoms with Crippen molar-refractivity contribution in [2.45, 2.75) is 18.8 Å². The van der Waals surface area contributed by atoms with E-state index in [1.165, 1.54) is 0 Å². The summed E-state index contributed by atoms with van der Waals surface area (Å²) in [4.78, 5) is 4.61. The minimum Gasteiger partial charge on any atom is -0.322 e. The van der Waals surface area contributed by atoms with Gasteiger partial charge in [0.25, 0.3) is 0 Å². The molecular formula is C16H13Cl3N2. The average Bonchev–Trinajstić information content (AvgIpc) is 2.79. The van der Waals surface area contributed by atoms with Crippen LogP contribution in [0.25, 0.3) is 11.0 Å². The Kier molecular flexibility index (Phi) is 4.12. The summed E-state index contributed by atoms with van der Waals surface area (Å²) in [7, 11) is 0. The molecule has 3 aromatic rings. The minimum absolute atomic E-state index is 0.177. The molecule has 108 valence electrons. The lowest BCUT2D eigenvalue weighted by Crippen LogP contribution is -2.05. The van der Waals surface area contributed by atoms with Gasteiger partial charge < -0.3 is 4.57 Å². The largest absolute Gasteiger partial charge is 0.322 e. The zero-order chi connectivity index (χ0) is 15.0. The highest BCUT2D eigenvalue weighted by Crippen LogP contribution is 2.27. The van der Waals surface area contributed by atoms with Gasteiger partial charge in [0.1, 0.15) is 5.82 Å². The van der Waals surface area contributed by atoms with Crippen molar-refractivity contribution in [1.29, 1.82) is 0 Å². The Labute approximate surface area is 138 Å². The molecule has 0 aliphatic heterocycles. The van der Waals surface area contributed by atoms with Gasteiger partial charge in [0.05, 0.1) is 16.4 Å². The zero-order valence-electron chi connectivity index (χ0n) is 11.4. The normalized spacial score (nSPS) is 12.8. The summed E-state index contributed by atoms with van der Waals surface area (Å²) in [6, 6.07) is 13.5. The zero-order valence-corrected chi connectivity index (χ0v) is 13.6. The summed E-state index contributed by atoms with van der Waals surface area (Å²) in [6.07, 6.45) is 0. The van der Waals surface area contributed by atoms with E-state index in [-0.39, 0.29) is 5.38 Å². The molecule has 0 spiro atoms. The standard InChI is InChI=1S/C16H13Cl3N2/c1-10(17)16-20-14-8-13(19)6-7-15(14)21(16)9-11-2-4-12(18)5-3-11/h2-8,10H,9H2,1H3. The first-order chi connectivity index (χ1) is 10.0. The maximum absolute atomic E-state index is 6.27. The third-order valence-electron chi connectivity index (χ3n) is 3.35. The Morgan fingerprint density at radius 2 is 1.71 bits per heavy atom. The van der Waals surface area contributed by atoms with Crippen LogP contribution in [0.4, 0.5) is 0 Å². The number of rotatable bonds is 3. The van der Waals surface area contributed by atoms with Crippen molar-refractivity contribution in [2.75, 3.05) is 0 Å². The molecule has 1 aromatic heterocycles. The second-order valence-corrected chi connectivity index (χ2v) is 6.46. The number of hydrogen-bond acceptors (Lipinski definition) is 1. The van der Waals surface area contributed by atoms with Gasteiger partial charge in [-0.1, -0.05) is 35.3 Å². The lowest BCUT2D eigenvalue weighted by Gasteiger charge is -2.11. The van der Waals surface area contributed by atoms with E-state index in [0.29, 0.717) is 11.6 Å². The number of fused-ring (bicyclic) bond motifs is 1. The fourth-order valence-corrected chi connectivity index (χ4v) is 2.82. The van der Waals surface area contributed by atoms with Crippen molar-refractivity contribution in [3.05, 3.63) is 63.9 Å². The Bertz CT molecular complexity index is 776. The van der Waals surface area contributed by atoms with E-state index in [1.807, 2.05) is 49.4 Å². The van der Waals surface area contributed by atoms with Crippen LogP contribution in [0.5, 0.6) is 0 Å². The summed E-state index contributed by atoms with van der Waals surface area (Å²) in [5, 5.41) is 1.22. The van der Waals surface area contributed by atoms with Crippen LogP contribution in [0, 0.1) is 0 Å². The molecule has 0 fully saturated rings. The van der Waals surface area contributed by atoms with Crippen molar-refractivity contribution in [1.82, 2.24) is 9.55 Å². The molecule has 3 rings (SSSR count). The minimum atomic E-state index is -0.177. The SMILES string of the molecule is CC(Cl)c1nc2cc(Cl)ccc2n1Cc1ccc(Cl)cc1. The highest BCUT2D eigenvalue weighted by atomic mass is 35.5. The molecule has 0 aliphatic carbocycles. The van der Waals surface area contributed by atoms with Gasteiger partial charge in [-0.2, -0.15) is 0 Å². The lowest BCUT2D eigenvalue weighted by atomic mass is 10.2. The third kappa shape index (κ3) is 3.03. The molecular weight excluding hydrogens is 327 g/mol. The van der Waals surface area contributed by atoms with Crippen molar-refractivity contribution >= 4 is 45.8 Å². The fourth-order valence-electron chi connectivity index (χ4n) is 2.36. The predicted octanol–water partition coefficient (Wildman–Crippen LogP) is 5.69. The number of imidazole rings is 1. The van der Waals surface area contributed by atoms with E-state index in [0.717, 1.165) is 27.4 Å². The van der Waals surface area contributed by atoms with Crippen molar-refractivity contribution < 1.29 is 0 Å². The molecule has 0 aliphatic rings. The number of aromatic nitrogens is 2. The fraction of sp³-hybridized carbons (Fsp3) is 0.188. The van der Waals surface area contributed by atoms with Crippen molar-refractivity contribution in [2.24, 2.45) is 0 Å². The molecule has 1 atom stereocenters. The predicted molar refractivity (Wildman–Crippen MR) is 89.6 cm³/mol. The van der Waals surface area contributed by atoms with E-state index in [4.69, 9.17) is 34.8 Å². The summed E-state index contributed by atoms with van der Waals surface area (Å²) in [6.45, 7) is 2.62. The van der Waals surface area contributed by atoms with Crippen molar-refractivity contribution in [3.63, 3.8) is 0 Å². The van der Waals surface area contributed by atoms with Crippen LogP contribution in [-0.4, -0.2) is 9.55 Å². The smallest absolute Gasteiger partial charge is 0.128 e. The van der Waals surface area contributed by atoms with Crippen LogP contribution < -0.4 is 0 Å². The van der Waals surface area contributed by atoms with Crippen LogP contribution in [0.2, 0.25) is 10.0 Å². The molecule has 1 unspecified atom stereocenters. The molecule has 1 heterocycles. The molecule has 0 bridgehead atoms. The topological polar surface area (TPSA) is 17.8 Å². The second kappa shape index (κ2) is 5.88. The Balaban J connectivity index is 2.10. The van der Waals surface area contributed by atoms with Crippen LogP contribution in [0.3, 0.4) is 0 Å². The van der Waals surface area contributed by atoms with Gasteiger partial charge in [0.15, 0.2) is 0 Å². The van der Waals surface area contributed by atoms with E-state index in [2.05, 4.69) is 9.55 Å². The van der Waals surface area contributed by atoms with Crippen LogP contribution in [0.1, 0.15) is 23.7 Å². The van der Waals surface area contributed by atoms with E-state index in [1.54, 1.807) is 0 Å². The van der Waals surface area contributed by atoms with E-state index < -0.39 is 0 Å². The van der Waals surface area contributed by atoms with Gasteiger partial charge in [-0.3, -0.25) is 0 Å². The molecule has 0 saturated carbocycles. The maximum Gasteiger partial charge on any atom is 0.128 e. The first-order valence-corrected chi connectivity index (χ1v) is 7.78. The first-order valence-electron chi connectivity index (χ1n) is 6.59. The van der Waals surface area contributed by atoms with Gasteiger partial charge in [-0.25, -0.2) is 4.98 Å². The van der Waals surface area contributed by atoms with Gasteiger partial charge in [-0.15, -0.1) is 11.6 Å². The van der Waals surface area contributed by atoms with E-state index in [9.17, 15) is 0 Å². The Hall–Kier alpha value is -1.22. The molecule has 5 heteroatoms. The Morgan fingerprint density at radius 3 is 2.38 bits per heavy atom. The summed E-state index contributed by atoms with van der Waals surface area (Å²) < 4.78 is 2.12. The highest BCUT2D eigenvalue weighted by molar-refractivity contribution is 6.31. The van der Waals surface area contributed by atoms with Crippen LogP contribution in [-0.2, 0) is 6.54 Å². The number of halogens is 3. The third-order valence-corrected chi connectivity index (χ3v) is 4.03. The monoisotopic (exact) mass is 338 g/mol. The average molecular weight is 340 g/mol. The van der Waals surface area contributed by atoms with Gasteiger partial charge in [0, 0.05) is 16.6 Å². The van der Waals surface area contributed by atoms with Gasteiger partial charge >= 0.3 is 0 Å². The lowest BCUT2D eigenvalue weighted by molar-refractivity contribution is 0.742. The van der Waals surface area contributed by atoms with Crippen molar-refractivity contribution in [3.8, 4) is 0 Å². The number of benzene rings is 2. The second-order valence-electron chi connectivity index (χ2n) is 4.93. The highest BCUT2D eigenvalue weighted by Gasteiger charge is 2.15. The molecule has 0 radical (unpaired) electrons. The first kappa shape index (κ1) is 14.7. The summed E-state index contributed by atoms with van der Waals surface area (Å²) in [5.41, 5.74) is 3.03. The number of nitrogens with zero attached hydrogens (tertiary/aromatic N) is 2. The molecule has 0 saturated heterocycles. The molecule has 0 N–H and O–H groups in total. The Morgan fingerprint density at radius 1 is 1.05 bits per heavy atom. The summed E-state index contributed by atoms with van der Waals surface area (Å²) >= 11 is 18.2. The number of alkyl halides is 1. The van der Waals surface area contributed by atoms with Crippen LogP contribution >= 0.6 is 34.8 Å². The maximum atomic E-state index is 6.27. The van der Waals surface area contributed by atoms with Crippen LogP contribution in [0.15, 0.2) is 42.5 Å². The van der Waals surface area contributed by atoms with E-state index >= 15 is 0 Å². The quantitative estimate of drug-likeness (QED) is 0.560. The van der Waals surface area contributed by atoms with Gasteiger partial charge in [0.2, 0.25) is 0 Å².